The van der Waals surface area contributed by atoms with Crippen LogP contribution in [0.4, 0.5) is 18.9 Å². The van der Waals surface area contributed by atoms with Crippen LogP contribution >= 0.6 is 0 Å². The van der Waals surface area contributed by atoms with Gasteiger partial charge in [0.1, 0.15) is 17.5 Å². The van der Waals surface area contributed by atoms with Crippen LogP contribution in [0.3, 0.4) is 0 Å². The Morgan fingerprint density at radius 1 is 1.14 bits per heavy atom. The molecular formula is C24H23F3N4O5. The molecule has 1 saturated heterocycles. The molecule has 1 atom stereocenters. The minimum Gasteiger partial charge on any atom is -0.406 e. The summed E-state index contributed by atoms with van der Waals surface area (Å²) >= 11 is 0. The van der Waals surface area contributed by atoms with Crippen LogP contribution in [0.5, 0.6) is 5.75 Å². The van der Waals surface area contributed by atoms with Gasteiger partial charge in [0.2, 0.25) is 11.8 Å². The van der Waals surface area contributed by atoms with Gasteiger partial charge in [-0.1, -0.05) is 12.1 Å². The number of hydrogen-bond acceptors (Lipinski definition) is 6. The highest BCUT2D eigenvalue weighted by atomic mass is 19.4. The highest BCUT2D eigenvalue weighted by molar-refractivity contribution is 6.08. The van der Waals surface area contributed by atoms with Crippen LogP contribution in [-0.2, 0) is 16.1 Å². The normalized spacial score (nSPS) is 19.2. The lowest BCUT2D eigenvalue weighted by Crippen LogP contribution is -2.65. The first kappa shape index (κ1) is 25.0. The molecule has 2 aliphatic heterocycles. The molecule has 4 rings (SSSR count). The van der Waals surface area contributed by atoms with E-state index in [4.69, 9.17) is 0 Å². The first-order valence-electron chi connectivity index (χ1n) is 11.1. The topological polar surface area (TPSA) is 117 Å². The molecule has 0 radical (unpaired) electrons. The molecule has 0 spiro atoms. The maximum absolute atomic E-state index is 13.6. The summed E-state index contributed by atoms with van der Waals surface area (Å²) in [6.45, 7) is 3.44. The van der Waals surface area contributed by atoms with Gasteiger partial charge in [-0.25, -0.2) is 0 Å². The van der Waals surface area contributed by atoms with Crippen molar-refractivity contribution in [1.82, 2.24) is 15.5 Å². The van der Waals surface area contributed by atoms with Crippen LogP contribution in [0.15, 0.2) is 42.5 Å². The van der Waals surface area contributed by atoms with E-state index in [1.807, 2.05) is 0 Å². The zero-order chi connectivity index (χ0) is 26.3. The molecule has 0 aromatic heterocycles. The lowest BCUT2D eigenvalue weighted by atomic mass is 9.93. The Kier molecular flexibility index (Phi) is 6.37. The second-order valence-corrected chi connectivity index (χ2v) is 8.92. The highest BCUT2D eigenvalue weighted by Crippen LogP contribution is 2.36. The van der Waals surface area contributed by atoms with E-state index in [2.05, 4.69) is 20.7 Å². The van der Waals surface area contributed by atoms with Crippen molar-refractivity contribution in [2.24, 2.45) is 0 Å². The molecule has 2 aliphatic rings. The van der Waals surface area contributed by atoms with Crippen molar-refractivity contribution >= 4 is 29.3 Å². The zero-order valence-electron chi connectivity index (χ0n) is 19.4. The summed E-state index contributed by atoms with van der Waals surface area (Å²) in [5, 5.41) is 8.18. The molecule has 0 saturated carbocycles. The van der Waals surface area contributed by atoms with E-state index < -0.39 is 47.4 Å². The number of amides is 4. The molecule has 36 heavy (non-hydrogen) atoms. The predicted molar refractivity (Wildman–Crippen MR) is 121 cm³/mol. The Balaban J connectivity index is 1.53. The molecule has 4 amide bonds. The standard InChI is InChI=1S/C24H23F3N4O5/c1-23(2)30-16-5-3-4-14(19(16)22(35)31(23)17-10-11-18(32)29-21(17)34)12-28-20(33)13-6-8-15(9-7-13)36-24(25,26)27/h3-9,17,30H,10-12H2,1-2H3,(H,28,33)(H,29,32,34). The van der Waals surface area contributed by atoms with Crippen molar-refractivity contribution < 1.29 is 37.1 Å². The fraction of sp³-hybridized carbons (Fsp3) is 0.333. The Morgan fingerprint density at radius 2 is 1.83 bits per heavy atom. The van der Waals surface area contributed by atoms with Gasteiger partial charge in [-0.2, -0.15) is 0 Å². The van der Waals surface area contributed by atoms with Crippen LogP contribution in [0.2, 0.25) is 0 Å². The molecule has 1 fully saturated rings. The van der Waals surface area contributed by atoms with Crippen molar-refractivity contribution in [1.29, 1.82) is 0 Å². The summed E-state index contributed by atoms with van der Waals surface area (Å²) in [7, 11) is 0. The van der Waals surface area contributed by atoms with Crippen LogP contribution in [0.25, 0.3) is 0 Å². The number of ether oxygens (including phenoxy) is 1. The largest absolute Gasteiger partial charge is 0.573 e. The quantitative estimate of drug-likeness (QED) is 0.540. The number of fused-ring (bicyclic) bond motifs is 1. The van der Waals surface area contributed by atoms with Crippen LogP contribution < -0.4 is 20.7 Å². The molecule has 9 nitrogen and oxygen atoms in total. The number of benzene rings is 2. The lowest BCUT2D eigenvalue weighted by Gasteiger charge is -2.48. The molecule has 1 unspecified atom stereocenters. The van der Waals surface area contributed by atoms with Gasteiger partial charge in [0.05, 0.1) is 5.56 Å². The second kappa shape index (κ2) is 9.17. The highest BCUT2D eigenvalue weighted by Gasteiger charge is 2.46. The SMILES string of the molecule is CC1(C)Nc2cccc(CNC(=O)c3ccc(OC(F)(F)F)cc3)c2C(=O)N1C1CCC(=O)NC1=O. The summed E-state index contributed by atoms with van der Waals surface area (Å²) in [4.78, 5) is 51.8. The molecular weight excluding hydrogens is 481 g/mol. The number of carbonyl (C=O) groups excluding carboxylic acids is 4. The number of imide groups is 1. The smallest absolute Gasteiger partial charge is 0.406 e. The van der Waals surface area contributed by atoms with Crippen molar-refractivity contribution in [2.45, 2.75) is 51.3 Å². The lowest BCUT2D eigenvalue weighted by molar-refractivity contribution is -0.274. The third kappa shape index (κ3) is 5.11. The van der Waals surface area contributed by atoms with E-state index in [1.54, 1.807) is 32.0 Å². The Hall–Kier alpha value is -4.09. The van der Waals surface area contributed by atoms with E-state index in [1.165, 1.54) is 17.0 Å². The minimum atomic E-state index is -4.84. The summed E-state index contributed by atoms with van der Waals surface area (Å²) in [6.07, 6.45) is -4.55. The number of halogens is 3. The first-order chi connectivity index (χ1) is 16.9. The van der Waals surface area contributed by atoms with Gasteiger partial charge >= 0.3 is 6.36 Å². The number of hydrogen-bond donors (Lipinski definition) is 3. The monoisotopic (exact) mass is 504 g/mol. The molecule has 3 N–H and O–H groups in total. The Bertz CT molecular complexity index is 1230. The Labute approximate surface area is 204 Å². The van der Waals surface area contributed by atoms with E-state index in [-0.39, 0.29) is 30.5 Å². The summed E-state index contributed by atoms with van der Waals surface area (Å²) < 4.78 is 40.8. The van der Waals surface area contributed by atoms with Crippen molar-refractivity contribution in [2.75, 3.05) is 5.32 Å². The van der Waals surface area contributed by atoms with Gasteiger partial charge < -0.3 is 20.3 Å². The number of nitrogens with zero attached hydrogens (tertiary/aromatic N) is 1. The van der Waals surface area contributed by atoms with Gasteiger partial charge in [0, 0.05) is 24.2 Å². The van der Waals surface area contributed by atoms with Gasteiger partial charge in [-0.05, 0) is 56.2 Å². The van der Waals surface area contributed by atoms with Gasteiger partial charge in [-0.3, -0.25) is 24.5 Å². The van der Waals surface area contributed by atoms with E-state index in [9.17, 15) is 32.3 Å². The third-order valence-electron chi connectivity index (χ3n) is 5.94. The fourth-order valence-electron chi connectivity index (χ4n) is 4.41. The minimum absolute atomic E-state index is 0.0557. The number of nitrogens with one attached hydrogen (secondary N) is 3. The zero-order valence-corrected chi connectivity index (χ0v) is 19.4. The molecule has 2 aromatic rings. The maximum Gasteiger partial charge on any atom is 0.573 e. The number of alkyl halides is 3. The second-order valence-electron chi connectivity index (χ2n) is 8.92. The average molecular weight is 504 g/mol. The number of carbonyl (C=O) groups is 4. The maximum atomic E-state index is 13.6. The van der Waals surface area contributed by atoms with Crippen LogP contribution in [-0.4, -0.2) is 46.6 Å². The third-order valence-corrected chi connectivity index (χ3v) is 5.94. The first-order valence-corrected chi connectivity index (χ1v) is 11.1. The molecule has 0 bridgehead atoms. The van der Waals surface area contributed by atoms with Crippen LogP contribution in [0.1, 0.15) is 53.0 Å². The summed E-state index contributed by atoms with van der Waals surface area (Å²) in [6, 6.07) is 8.66. The van der Waals surface area contributed by atoms with Crippen molar-refractivity contribution in [3.63, 3.8) is 0 Å². The van der Waals surface area contributed by atoms with E-state index in [0.29, 0.717) is 11.3 Å². The average Bonchev–Trinajstić information content (AvgIpc) is 2.77. The van der Waals surface area contributed by atoms with Crippen LogP contribution in [0, 0.1) is 0 Å². The fourth-order valence-corrected chi connectivity index (χ4v) is 4.41. The van der Waals surface area contributed by atoms with Gasteiger partial charge in [0.25, 0.3) is 11.8 Å². The predicted octanol–water partition coefficient (Wildman–Crippen LogP) is 2.92. The summed E-state index contributed by atoms with van der Waals surface area (Å²) in [5.74, 6) is -2.40. The van der Waals surface area contributed by atoms with Gasteiger partial charge in [0.15, 0.2) is 0 Å². The van der Waals surface area contributed by atoms with Crippen molar-refractivity contribution in [3.05, 3.63) is 59.2 Å². The number of piperidine rings is 1. The molecule has 190 valence electrons. The molecule has 12 heteroatoms. The van der Waals surface area contributed by atoms with Crippen molar-refractivity contribution in [3.8, 4) is 5.75 Å². The van der Waals surface area contributed by atoms with E-state index >= 15 is 0 Å². The van der Waals surface area contributed by atoms with E-state index in [0.717, 1.165) is 12.1 Å². The number of rotatable bonds is 5. The van der Waals surface area contributed by atoms with Gasteiger partial charge in [-0.15, -0.1) is 13.2 Å². The number of anilines is 1. The Morgan fingerprint density at radius 3 is 2.47 bits per heavy atom. The molecule has 0 aliphatic carbocycles. The summed E-state index contributed by atoms with van der Waals surface area (Å²) in [5.41, 5.74) is 0.437. The molecule has 2 aromatic carbocycles. The molecule has 2 heterocycles.